The van der Waals surface area contributed by atoms with Gasteiger partial charge in [-0.3, -0.25) is 0 Å². The van der Waals surface area contributed by atoms with Crippen LogP contribution < -0.4 is 0 Å². The molecule has 0 nitrogen and oxygen atoms in total. The molecule has 0 aromatic heterocycles. The molecule has 0 aromatic rings. The van der Waals surface area contributed by atoms with Gasteiger partial charge in [0.25, 0.3) is 0 Å². The molecule has 0 N–H and O–H groups in total. The maximum Gasteiger partial charge on any atom is 0.0333 e. The molecule has 0 saturated heterocycles. The normalized spacial score (nSPS) is 20.1. The summed E-state index contributed by atoms with van der Waals surface area (Å²) >= 11 is 11.7. The summed E-state index contributed by atoms with van der Waals surface area (Å²) in [4.78, 5) is 0. The minimum Gasteiger partial charge on any atom is -0.123 e. The first-order chi connectivity index (χ1) is 4.54. The third kappa shape index (κ3) is 5.37. The van der Waals surface area contributed by atoms with Crippen LogP contribution in [0, 0.1) is 5.92 Å². The van der Waals surface area contributed by atoms with Gasteiger partial charge in [-0.05, 0) is 32.6 Å². The van der Waals surface area contributed by atoms with Crippen molar-refractivity contribution in [1.29, 1.82) is 0 Å². The van der Waals surface area contributed by atoms with Crippen LogP contribution in [0.2, 0.25) is 0 Å². The minimum absolute atomic E-state index is 0.274. The van der Waals surface area contributed by atoms with Gasteiger partial charge in [0, 0.05) is 10.8 Å². The first kappa shape index (κ1) is 10.6. The Hall–Kier alpha value is 0.580. The fourth-order valence-corrected chi connectivity index (χ4v) is 0.974. The zero-order valence-electron chi connectivity index (χ0n) is 6.90. The zero-order valence-corrected chi connectivity index (χ0v) is 8.41. The van der Waals surface area contributed by atoms with Crippen molar-refractivity contribution < 1.29 is 0 Å². The predicted molar refractivity (Wildman–Crippen MR) is 49.0 cm³/mol. The second-order valence-electron chi connectivity index (χ2n) is 3.01. The Kier molecular flexibility index (Phi) is 5.56. The average molecular weight is 183 g/mol. The molecule has 2 heteroatoms. The summed E-state index contributed by atoms with van der Waals surface area (Å²) in [7, 11) is 0. The maximum absolute atomic E-state index is 5.87. The fraction of sp³-hybridized carbons (Fsp3) is 1.00. The van der Waals surface area contributed by atoms with E-state index in [0.717, 1.165) is 12.8 Å². The minimum atomic E-state index is 0.274. The number of rotatable bonds is 4. The number of hydrogen-bond donors (Lipinski definition) is 0. The topological polar surface area (TPSA) is 0 Å². The van der Waals surface area contributed by atoms with Crippen molar-refractivity contribution in [2.75, 3.05) is 0 Å². The summed E-state index contributed by atoms with van der Waals surface area (Å²) in [6.45, 7) is 6.22. The van der Waals surface area contributed by atoms with Crippen molar-refractivity contribution in [3.63, 3.8) is 0 Å². The van der Waals surface area contributed by atoms with Crippen LogP contribution in [0.15, 0.2) is 0 Å². The molecule has 0 aliphatic heterocycles. The summed E-state index contributed by atoms with van der Waals surface area (Å²) in [6, 6.07) is 0. The van der Waals surface area contributed by atoms with E-state index in [2.05, 4.69) is 6.92 Å². The third-order valence-corrected chi connectivity index (χ3v) is 2.45. The molecule has 0 rings (SSSR count). The van der Waals surface area contributed by atoms with Crippen LogP contribution in [0.1, 0.15) is 33.6 Å². The maximum atomic E-state index is 5.87. The summed E-state index contributed by atoms with van der Waals surface area (Å²) in [5.74, 6) is 0.586. The Morgan fingerprint density at radius 3 is 1.80 bits per heavy atom. The molecule has 0 fully saturated rings. The van der Waals surface area contributed by atoms with E-state index in [9.17, 15) is 0 Å². The Balaban J connectivity index is 3.30. The molecule has 0 aromatic carbocycles. The molecule has 3 atom stereocenters. The lowest BCUT2D eigenvalue weighted by molar-refractivity contribution is 0.500. The van der Waals surface area contributed by atoms with E-state index < -0.39 is 0 Å². The number of hydrogen-bond acceptors (Lipinski definition) is 0. The summed E-state index contributed by atoms with van der Waals surface area (Å²) in [5.41, 5.74) is 0. The highest BCUT2D eigenvalue weighted by molar-refractivity contribution is 6.20. The second-order valence-corrected chi connectivity index (χ2v) is 4.45. The SMILES string of the molecule is CC(Cl)CCC(C)C(C)Cl. The lowest BCUT2D eigenvalue weighted by Crippen LogP contribution is -2.08. The molecular formula is C8H16Cl2. The highest BCUT2D eigenvalue weighted by Crippen LogP contribution is 2.17. The van der Waals surface area contributed by atoms with Crippen LogP contribution >= 0.6 is 23.2 Å². The van der Waals surface area contributed by atoms with Gasteiger partial charge in [-0.15, -0.1) is 23.2 Å². The van der Waals surface area contributed by atoms with Crippen molar-refractivity contribution in [1.82, 2.24) is 0 Å². The van der Waals surface area contributed by atoms with Gasteiger partial charge in [-0.25, -0.2) is 0 Å². The highest BCUT2D eigenvalue weighted by Gasteiger charge is 2.09. The predicted octanol–water partition coefficient (Wildman–Crippen LogP) is 3.66. The smallest absolute Gasteiger partial charge is 0.0333 e. The van der Waals surface area contributed by atoms with Crippen molar-refractivity contribution >= 4 is 23.2 Å². The van der Waals surface area contributed by atoms with Gasteiger partial charge in [0.15, 0.2) is 0 Å². The highest BCUT2D eigenvalue weighted by atomic mass is 35.5. The van der Waals surface area contributed by atoms with Gasteiger partial charge in [0.1, 0.15) is 0 Å². The molecule has 10 heavy (non-hydrogen) atoms. The Morgan fingerprint density at radius 1 is 1.00 bits per heavy atom. The van der Waals surface area contributed by atoms with E-state index in [0.29, 0.717) is 5.92 Å². The third-order valence-electron chi connectivity index (χ3n) is 1.80. The van der Waals surface area contributed by atoms with E-state index in [1.807, 2.05) is 13.8 Å². The molecule has 62 valence electrons. The van der Waals surface area contributed by atoms with Crippen LogP contribution in [-0.4, -0.2) is 10.8 Å². The van der Waals surface area contributed by atoms with E-state index in [-0.39, 0.29) is 10.8 Å². The molecule has 0 aliphatic carbocycles. The summed E-state index contributed by atoms with van der Waals surface area (Å²) in [5, 5.41) is 0.563. The van der Waals surface area contributed by atoms with E-state index in [1.165, 1.54) is 0 Å². The van der Waals surface area contributed by atoms with E-state index in [1.54, 1.807) is 0 Å². The number of halogens is 2. The summed E-state index contributed by atoms with van der Waals surface area (Å²) in [6.07, 6.45) is 2.20. The molecule has 0 radical (unpaired) electrons. The Morgan fingerprint density at radius 2 is 1.50 bits per heavy atom. The molecule has 0 saturated carbocycles. The first-order valence-electron chi connectivity index (χ1n) is 3.82. The fourth-order valence-electron chi connectivity index (χ4n) is 0.722. The molecule has 3 unspecified atom stereocenters. The quantitative estimate of drug-likeness (QED) is 0.583. The molecule has 0 spiro atoms. The zero-order chi connectivity index (χ0) is 8.15. The van der Waals surface area contributed by atoms with Gasteiger partial charge in [-0.2, -0.15) is 0 Å². The standard InChI is InChI=1S/C8H16Cl2/c1-6(8(3)10)4-5-7(2)9/h6-8H,4-5H2,1-3H3. The van der Waals surface area contributed by atoms with Crippen molar-refractivity contribution in [3.8, 4) is 0 Å². The van der Waals surface area contributed by atoms with Crippen molar-refractivity contribution in [2.45, 2.75) is 44.4 Å². The lowest BCUT2D eigenvalue weighted by atomic mass is 10.0. The van der Waals surface area contributed by atoms with Gasteiger partial charge in [-0.1, -0.05) is 6.92 Å². The molecule has 0 aliphatic rings. The molecule has 0 heterocycles. The van der Waals surface area contributed by atoms with E-state index in [4.69, 9.17) is 23.2 Å². The van der Waals surface area contributed by atoms with E-state index >= 15 is 0 Å². The molecule has 0 amide bonds. The van der Waals surface area contributed by atoms with Gasteiger partial charge in [0.2, 0.25) is 0 Å². The Bertz CT molecular complexity index is 79.3. The van der Waals surface area contributed by atoms with Crippen LogP contribution in [-0.2, 0) is 0 Å². The van der Waals surface area contributed by atoms with Crippen LogP contribution in [0.3, 0.4) is 0 Å². The Labute approximate surface area is 73.9 Å². The average Bonchev–Trinajstić information content (AvgIpc) is 1.82. The monoisotopic (exact) mass is 182 g/mol. The van der Waals surface area contributed by atoms with Gasteiger partial charge < -0.3 is 0 Å². The number of alkyl halides is 2. The van der Waals surface area contributed by atoms with Crippen LogP contribution in [0.5, 0.6) is 0 Å². The van der Waals surface area contributed by atoms with Crippen LogP contribution in [0.25, 0.3) is 0 Å². The molecule has 0 bridgehead atoms. The van der Waals surface area contributed by atoms with Crippen molar-refractivity contribution in [2.24, 2.45) is 5.92 Å². The second kappa shape index (κ2) is 5.26. The van der Waals surface area contributed by atoms with Crippen LogP contribution in [0.4, 0.5) is 0 Å². The summed E-state index contributed by atoms with van der Waals surface area (Å²) < 4.78 is 0. The lowest BCUT2D eigenvalue weighted by Gasteiger charge is -2.13. The van der Waals surface area contributed by atoms with Gasteiger partial charge in [0.05, 0.1) is 0 Å². The molecular weight excluding hydrogens is 167 g/mol. The largest absolute Gasteiger partial charge is 0.123 e. The van der Waals surface area contributed by atoms with Crippen molar-refractivity contribution in [3.05, 3.63) is 0 Å². The first-order valence-corrected chi connectivity index (χ1v) is 4.69. The van der Waals surface area contributed by atoms with Gasteiger partial charge >= 0.3 is 0 Å².